The summed E-state index contributed by atoms with van der Waals surface area (Å²) in [5.74, 6) is -4.55. The molecule has 3 aromatic carbocycles. The number of alkyl halides is 2. The maximum Gasteiger partial charge on any atom is 0.306 e. The standard InChI is InChI=1S/C32H27F3N4O3/c1-3-37-25-17-26-24(28(31(41)36-2)29(42-26)19-10-12-22(33)13-11-19)16-23(25)20-7-6-8-21(15-20)30(40)39-18-32(34,35)27-9-4-5-14-38-27/h4-17,37H,3,18H2,1-2H3,(H,36,41)(H,39,40). The Labute approximate surface area is 239 Å². The van der Waals surface area contributed by atoms with Gasteiger partial charge in [0.05, 0.1) is 12.1 Å². The van der Waals surface area contributed by atoms with Crippen molar-refractivity contribution in [2.75, 3.05) is 25.5 Å². The first-order chi connectivity index (χ1) is 20.2. The zero-order valence-electron chi connectivity index (χ0n) is 22.8. The lowest BCUT2D eigenvalue weighted by atomic mass is 9.97. The Balaban J connectivity index is 1.54. The van der Waals surface area contributed by atoms with Gasteiger partial charge in [0.15, 0.2) is 0 Å². The van der Waals surface area contributed by atoms with Crippen molar-refractivity contribution in [2.24, 2.45) is 0 Å². The normalized spacial score (nSPS) is 11.4. The number of benzene rings is 3. The summed E-state index contributed by atoms with van der Waals surface area (Å²) < 4.78 is 48.9. The molecule has 0 fully saturated rings. The van der Waals surface area contributed by atoms with E-state index in [9.17, 15) is 22.8 Å². The average Bonchev–Trinajstić information content (AvgIpc) is 3.38. The number of furan rings is 1. The fourth-order valence-corrected chi connectivity index (χ4v) is 4.66. The summed E-state index contributed by atoms with van der Waals surface area (Å²) in [4.78, 5) is 29.6. The van der Waals surface area contributed by atoms with Gasteiger partial charge in [0.1, 0.15) is 22.9 Å². The fraction of sp³-hybridized carbons (Fsp3) is 0.156. The minimum atomic E-state index is -3.35. The number of amides is 2. The van der Waals surface area contributed by atoms with Crippen LogP contribution in [0.2, 0.25) is 0 Å². The van der Waals surface area contributed by atoms with Crippen LogP contribution in [-0.2, 0) is 5.92 Å². The summed E-state index contributed by atoms with van der Waals surface area (Å²) in [5, 5.41) is 8.73. The highest BCUT2D eigenvalue weighted by Crippen LogP contribution is 2.40. The van der Waals surface area contributed by atoms with Gasteiger partial charge < -0.3 is 20.4 Å². The molecule has 0 atom stereocenters. The van der Waals surface area contributed by atoms with E-state index in [1.54, 1.807) is 30.3 Å². The van der Waals surface area contributed by atoms with Gasteiger partial charge in [-0.1, -0.05) is 18.2 Å². The lowest BCUT2D eigenvalue weighted by molar-refractivity contribution is -0.00676. The van der Waals surface area contributed by atoms with Crippen molar-refractivity contribution < 1.29 is 27.2 Å². The van der Waals surface area contributed by atoms with E-state index in [4.69, 9.17) is 4.42 Å². The van der Waals surface area contributed by atoms with E-state index in [0.29, 0.717) is 39.9 Å². The lowest BCUT2D eigenvalue weighted by Gasteiger charge is -2.17. The van der Waals surface area contributed by atoms with Gasteiger partial charge in [0, 0.05) is 53.6 Å². The smallest absolute Gasteiger partial charge is 0.306 e. The molecule has 0 saturated heterocycles. The Hall–Kier alpha value is -5.12. The molecule has 0 spiro atoms. The van der Waals surface area contributed by atoms with Crippen LogP contribution in [0.15, 0.2) is 89.5 Å². The highest BCUT2D eigenvalue weighted by atomic mass is 19.3. The Morgan fingerprint density at radius 1 is 0.929 bits per heavy atom. The molecule has 2 aromatic heterocycles. The van der Waals surface area contributed by atoms with Gasteiger partial charge in [0.25, 0.3) is 11.8 Å². The summed E-state index contributed by atoms with van der Waals surface area (Å²) in [6.45, 7) is 1.56. The van der Waals surface area contributed by atoms with Crippen LogP contribution in [0.5, 0.6) is 0 Å². The Morgan fingerprint density at radius 3 is 2.40 bits per heavy atom. The molecule has 0 aliphatic carbocycles. The zero-order chi connectivity index (χ0) is 29.9. The number of halogens is 3. The second kappa shape index (κ2) is 11.8. The third kappa shape index (κ3) is 5.69. The summed E-state index contributed by atoms with van der Waals surface area (Å²) in [6.07, 6.45) is 1.27. The van der Waals surface area contributed by atoms with Crippen LogP contribution in [0.1, 0.15) is 33.3 Å². The highest BCUT2D eigenvalue weighted by molar-refractivity contribution is 6.13. The number of aromatic nitrogens is 1. The predicted molar refractivity (Wildman–Crippen MR) is 155 cm³/mol. The minimum absolute atomic E-state index is 0.178. The third-order valence-electron chi connectivity index (χ3n) is 6.70. The Kier molecular flexibility index (Phi) is 7.97. The van der Waals surface area contributed by atoms with Gasteiger partial charge in [-0.25, -0.2) is 4.39 Å². The zero-order valence-corrected chi connectivity index (χ0v) is 22.8. The highest BCUT2D eigenvalue weighted by Gasteiger charge is 2.33. The van der Waals surface area contributed by atoms with Crippen LogP contribution in [0, 0.1) is 5.82 Å². The molecule has 0 radical (unpaired) electrons. The molecule has 10 heteroatoms. The molecule has 0 saturated carbocycles. The molecule has 42 heavy (non-hydrogen) atoms. The van der Waals surface area contributed by atoms with Crippen LogP contribution < -0.4 is 16.0 Å². The number of rotatable bonds is 9. The minimum Gasteiger partial charge on any atom is -0.455 e. The van der Waals surface area contributed by atoms with Crippen molar-refractivity contribution in [3.05, 3.63) is 108 Å². The molecule has 0 unspecified atom stereocenters. The van der Waals surface area contributed by atoms with E-state index in [1.165, 1.54) is 61.8 Å². The molecule has 2 amide bonds. The van der Waals surface area contributed by atoms with Crippen molar-refractivity contribution in [1.82, 2.24) is 15.6 Å². The number of carbonyl (C=O) groups excluding carboxylic acids is 2. The first-order valence-electron chi connectivity index (χ1n) is 13.2. The summed E-state index contributed by atoms with van der Waals surface area (Å²) >= 11 is 0. The number of hydrogen-bond donors (Lipinski definition) is 3. The molecule has 0 aliphatic rings. The molecule has 7 nitrogen and oxygen atoms in total. The van der Waals surface area contributed by atoms with Crippen LogP contribution in [-0.4, -0.2) is 36.9 Å². The number of carbonyl (C=O) groups is 2. The SMILES string of the molecule is CCNc1cc2oc(-c3ccc(F)cc3)c(C(=O)NC)c2cc1-c1cccc(C(=O)NCC(F)(F)c2ccccn2)c1. The molecule has 3 N–H and O–H groups in total. The molecular formula is C32H27F3N4O3. The number of fused-ring (bicyclic) bond motifs is 1. The molecule has 5 aromatic rings. The van der Waals surface area contributed by atoms with Crippen molar-refractivity contribution >= 4 is 28.5 Å². The van der Waals surface area contributed by atoms with Crippen LogP contribution in [0.4, 0.5) is 18.9 Å². The number of pyridine rings is 1. The summed E-state index contributed by atoms with van der Waals surface area (Å²) in [6, 6.07) is 19.9. The largest absolute Gasteiger partial charge is 0.455 e. The quantitative estimate of drug-likeness (QED) is 0.185. The Morgan fingerprint density at radius 2 is 1.71 bits per heavy atom. The molecule has 2 heterocycles. The fourth-order valence-electron chi connectivity index (χ4n) is 4.66. The van der Waals surface area contributed by atoms with Crippen LogP contribution in [0.25, 0.3) is 33.4 Å². The lowest BCUT2D eigenvalue weighted by Crippen LogP contribution is -2.35. The molecule has 5 rings (SSSR count). The van der Waals surface area contributed by atoms with E-state index >= 15 is 0 Å². The van der Waals surface area contributed by atoms with E-state index in [0.717, 1.165) is 0 Å². The number of hydrogen-bond acceptors (Lipinski definition) is 5. The van der Waals surface area contributed by atoms with E-state index in [1.807, 2.05) is 6.92 Å². The number of nitrogens with zero attached hydrogens (tertiary/aromatic N) is 1. The van der Waals surface area contributed by atoms with Crippen molar-refractivity contribution in [1.29, 1.82) is 0 Å². The second-order valence-electron chi connectivity index (χ2n) is 9.50. The molecule has 0 aliphatic heterocycles. The van der Waals surface area contributed by atoms with Gasteiger partial charge in [-0.3, -0.25) is 14.6 Å². The second-order valence-corrected chi connectivity index (χ2v) is 9.50. The van der Waals surface area contributed by atoms with Crippen LogP contribution >= 0.6 is 0 Å². The summed E-state index contributed by atoms with van der Waals surface area (Å²) in [5.41, 5.74) is 2.92. The van der Waals surface area contributed by atoms with Gasteiger partial charge in [0.2, 0.25) is 0 Å². The number of nitrogens with one attached hydrogen (secondary N) is 3. The van der Waals surface area contributed by atoms with E-state index in [-0.39, 0.29) is 16.9 Å². The molecular weight excluding hydrogens is 545 g/mol. The number of anilines is 1. The van der Waals surface area contributed by atoms with Gasteiger partial charge >= 0.3 is 5.92 Å². The van der Waals surface area contributed by atoms with E-state index in [2.05, 4.69) is 20.9 Å². The monoisotopic (exact) mass is 572 g/mol. The van der Waals surface area contributed by atoms with Crippen LogP contribution in [0.3, 0.4) is 0 Å². The Bertz CT molecular complexity index is 1750. The molecule has 0 bridgehead atoms. The van der Waals surface area contributed by atoms with Crippen molar-refractivity contribution in [3.63, 3.8) is 0 Å². The molecule has 214 valence electrons. The topological polar surface area (TPSA) is 96.3 Å². The van der Waals surface area contributed by atoms with Crippen molar-refractivity contribution in [3.8, 4) is 22.5 Å². The van der Waals surface area contributed by atoms with Crippen molar-refractivity contribution in [2.45, 2.75) is 12.8 Å². The van der Waals surface area contributed by atoms with E-state index < -0.39 is 35.8 Å². The first kappa shape index (κ1) is 28.4. The average molecular weight is 573 g/mol. The van der Waals surface area contributed by atoms with Gasteiger partial charge in [-0.05, 0) is 67.1 Å². The van der Waals surface area contributed by atoms with Gasteiger partial charge in [-0.15, -0.1) is 0 Å². The predicted octanol–water partition coefficient (Wildman–Crippen LogP) is 6.61. The summed E-state index contributed by atoms with van der Waals surface area (Å²) in [7, 11) is 1.50. The maximum atomic E-state index is 14.6. The third-order valence-corrected chi connectivity index (χ3v) is 6.70. The first-order valence-corrected chi connectivity index (χ1v) is 13.2. The maximum absolute atomic E-state index is 14.6. The van der Waals surface area contributed by atoms with Gasteiger partial charge in [-0.2, -0.15) is 8.78 Å².